The number of carbonyl (C=O) groups excluding carboxylic acids is 2. The number of hydrogen-bond donors (Lipinski definition) is 1. The standard InChI is InChI=1S/C18H27N3O2/c1-13-11-14(2)18(15(3)12-13)19-17(23)5-6-20-7-9-21(10-8-20)16(4)22/h11-12H,5-10H2,1-4H3,(H,19,23). The molecule has 0 radical (unpaired) electrons. The molecule has 1 saturated heterocycles. The highest BCUT2D eigenvalue weighted by Gasteiger charge is 2.19. The van der Waals surface area contributed by atoms with Crippen molar-refractivity contribution in [1.82, 2.24) is 9.80 Å². The normalized spacial score (nSPS) is 15.6. The Kier molecular flexibility index (Phi) is 5.77. The molecule has 0 saturated carbocycles. The molecule has 0 unspecified atom stereocenters. The van der Waals surface area contributed by atoms with Crippen molar-refractivity contribution >= 4 is 17.5 Å². The second-order valence-corrected chi connectivity index (χ2v) is 6.42. The van der Waals surface area contributed by atoms with Crippen LogP contribution in [0.1, 0.15) is 30.0 Å². The lowest BCUT2D eigenvalue weighted by atomic mass is 10.0. The smallest absolute Gasteiger partial charge is 0.225 e. The molecule has 0 aromatic heterocycles. The van der Waals surface area contributed by atoms with E-state index >= 15 is 0 Å². The second kappa shape index (κ2) is 7.59. The molecular formula is C18H27N3O2. The van der Waals surface area contributed by atoms with E-state index in [0.29, 0.717) is 6.42 Å². The average Bonchev–Trinajstić information content (AvgIpc) is 2.49. The van der Waals surface area contributed by atoms with Crippen LogP contribution in [0.3, 0.4) is 0 Å². The summed E-state index contributed by atoms with van der Waals surface area (Å²) in [4.78, 5) is 27.6. The zero-order chi connectivity index (χ0) is 17.0. The van der Waals surface area contributed by atoms with Crippen LogP contribution in [0.4, 0.5) is 5.69 Å². The number of hydrogen-bond acceptors (Lipinski definition) is 3. The molecule has 0 atom stereocenters. The predicted octanol–water partition coefficient (Wildman–Crippen LogP) is 2.10. The predicted molar refractivity (Wildman–Crippen MR) is 92.6 cm³/mol. The van der Waals surface area contributed by atoms with E-state index in [4.69, 9.17) is 0 Å². The van der Waals surface area contributed by atoms with E-state index in [9.17, 15) is 9.59 Å². The van der Waals surface area contributed by atoms with E-state index in [1.165, 1.54) is 5.56 Å². The summed E-state index contributed by atoms with van der Waals surface area (Å²) in [6.45, 7) is 11.7. The lowest BCUT2D eigenvalue weighted by Gasteiger charge is -2.34. The Balaban J connectivity index is 1.81. The first-order valence-corrected chi connectivity index (χ1v) is 8.22. The van der Waals surface area contributed by atoms with Crippen molar-refractivity contribution in [3.63, 3.8) is 0 Å². The molecule has 0 aliphatic carbocycles. The van der Waals surface area contributed by atoms with Gasteiger partial charge in [0.1, 0.15) is 0 Å². The van der Waals surface area contributed by atoms with Crippen LogP contribution in [0.2, 0.25) is 0 Å². The quantitative estimate of drug-likeness (QED) is 0.925. The minimum Gasteiger partial charge on any atom is -0.340 e. The largest absolute Gasteiger partial charge is 0.340 e. The molecule has 0 bridgehead atoms. The van der Waals surface area contributed by atoms with Gasteiger partial charge in [0.2, 0.25) is 11.8 Å². The molecular weight excluding hydrogens is 290 g/mol. The van der Waals surface area contributed by atoms with Crippen LogP contribution >= 0.6 is 0 Å². The first kappa shape index (κ1) is 17.5. The summed E-state index contributed by atoms with van der Waals surface area (Å²) < 4.78 is 0. The molecule has 0 spiro atoms. The van der Waals surface area contributed by atoms with Crippen molar-refractivity contribution in [1.29, 1.82) is 0 Å². The van der Waals surface area contributed by atoms with Gasteiger partial charge in [-0.05, 0) is 31.9 Å². The third kappa shape index (κ3) is 4.79. The van der Waals surface area contributed by atoms with E-state index in [1.807, 2.05) is 18.7 Å². The summed E-state index contributed by atoms with van der Waals surface area (Å²) in [7, 11) is 0. The minimum absolute atomic E-state index is 0.0500. The van der Waals surface area contributed by atoms with Gasteiger partial charge in [0.05, 0.1) is 0 Å². The summed E-state index contributed by atoms with van der Waals surface area (Å²) in [6, 6.07) is 4.17. The van der Waals surface area contributed by atoms with Gasteiger partial charge in [0.25, 0.3) is 0 Å². The van der Waals surface area contributed by atoms with Gasteiger partial charge in [-0.3, -0.25) is 14.5 Å². The van der Waals surface area contributed by atoms with Gasteiger partial charge >= 0.3 is 0 Å². The number of rotatable bonds is 4. The van der Waals surface area contributed by atoms with Gasteiger partial charge < -0.3 is 10.2 Å². The highest BCUT2D eigenvalue weighted by Crippen LogP contribution is 2.22. The summed E-state index contributed by atoms with van der Waals surface area (Å²) in [6.07, 6.45) is 0.479. The highest BCUT2D eigenvalue weighted by molar-refractivity contribution is 5.92. The lowest BCUT2D eigenvalue weighted by molar-refractivity contribution is -0.130. The van der Waals surface area contributed by atoms with Crippen LogP contribution in [0.25, 0.3) is 0 Å². The molecule has 5 nitrogen and oxygen atoms in total. The van der Waals surface area contributed by atoms with Crippen LogP contribution in [-0.4, -0.2) is 54.3 Å². The summed E-state index contributed by atoms with van der Waals surface area (Å²) in [5.74, 6) is 0.182. The van der Waals surface area contributed by atoms with Gasteiger partial charge in [0.15, 0.2) is 0 Å². The maximum absolute atomic E-state index is 12.2. The molecule has 1 aliphatic heterocycles. The zero-order valence-corrected chi connectivity index (χ0v) is 14.6. The molecule has 23 heavy (non-hydrogen) atoms. The van der Waals surface area contributed by atoms with Crippen molar-refractivity contribution in [2.24, 2.45) is 0 Å². The van der Waals surface area contributed by atoms with Gasteiger partial charge in [0, 0.05) is 51.8 Å². The molecule has 1 aliphatic rings. The Bertz CT molecular complexity index is 567. The Morgan fingerprint density at radius 3 is 2.13 bits per heavy atom. The third-order valence-electron chi connectivity index (χ3n) is 4.41. The van der Waals surface area contributed by atoms with E-state index < -0.39 is 0 Å². The number of nitrogens with zero attached hydrogens (tertiary/aromatic N) is 2. The number of aryl methyl sites for hydroxylation is 3. The zero-order valence-electron chi connectivity index (χ0n) is 14.6. The molecule has 1 aromatic carbocycles. The Morgan fingerprint density at radius 1 is 1.04 bits per heavy atom. The summed E-state index contributed by atoms with van der Waals surface area (Å²) in [5.41, 5.74) is 4.35. The topological polar surface area (TPSA) is 52.7 Å². The van der Waals surface area contributed by atoms with Crippen LogP contribution in [0, 0.1) is 20.8 Å². The van der Waals surface area contributed by atoms with Gasteiger partial charge in [-0.1, -0.05) is 17.7 Å². The minimum atomic E-state index is 0.0500. The SMILES string of the molecule is CC(=O)N1CCN(CCC(=O)Nc2c(C)cc(C)cc2C)CC1. The van der Waals surface area contributed by atoms with Crippen molar-refractivity contribution in [3.05, 3.63) is 28.8 Å². The molecule has 1 aromatic rings. The Hall–Kier alpha value is -1.88. The molecule has 2 amide bonds. The average molecular weight is 317 g/mol. The lowest BCUT2D eigenvalue weighted by Crippen LogP contribution is -2.48. The van der Waals surface area contributed by atoms with Gasteiger partial charge in [-0.25, -0.2) is 0 Å². The van der Waals surface area contributed by atoms with E-state index in [1.54, 1.807) is 6.92 Å². The molecule has 1 N–H and O–H groups in total. The number of carbonyl (C=O) groups is 2. The number of nitrogens with one attached hydrogen (secondary N) is 1. The Morgan fingerprint density at radius 2 is 1.61 bits per heavy atom. The fourth-order valence-corrected chi connectivity index (χ4v) is 3.13. The van der Waals surface area contributed by atoms with Crippen molar-refractivity contribution < 1.29 is 9.59 Å². The third-order valence-corrected chi connectivity index (χ3v) is 4.41. The van der Waals surface area contributed by atoms with Gasteiger partial charge in [-0.2, -0.15) is 0 Å². The number of amides is 2. The van der Waals surface area contributed by atoms with Crippen LogP contribution in [0.15, 0.2) is 12.1 Å². The number of anilines is 1. The first-order chi connectivity index (χ1) is 10.9. The molecule has 1 heterocycles. The van der Waals surface area contributed by atoms with Crippen molar-refractivity contribution in [3.8, 4) is 0 Å². The van der Waals surface area contributed by atoms with Crippen molar-refractivity contribution in [2.45, 2.75) is 34.1 Å². The van der Waals surface area contributed by atoms with Crippen LogP contribution in [-0.2, 0) is 9.59 Å². The summed E-state index contributed by atoms with van der Waals surface area (Å²) >= 11 is 0. The molecule has 126 valence electrons. The second-order valence-electron chi connectivity index (χ2n) is 6.42. The van der Waals surface area contributed by atoms with Crippen LogP contribution < -0.4 is 5.32 Å². The number of benzene rings is 1. The molecule has 1 fully saturated rings. The molecule has 2 rings (SSSR count). The fraction of sp³-hybridized carbons (Fsp3) is 0.556. The van der Waals surface area contributed by atoms with Crippen molar-refractivity contribution in [2.75, 3.05) is 38.0 Å². The van der Waals surface area contributed by atoms with E-state index in [0.717, 1.165) is 49.5 Å². The number of piperazine rings is 1. The highest BCUT2D eigenvalue weighted by atomic mass is 16.2. The van der Waals surface area contributed by atoms with Gasteiger partial charge in [-0.15, -0.1) is 0 Å². The maximum Gasteiger partial charge on any atom is 0.225 e. The molecule has 5 heteroatoms. The Labute approximate surface area is 138 Å². The fourth-order valence-electron chi connectivity index (χ4n) is 3.13. The monoisotopic (exact) mass is 317 g/mol. The van der Waals surface area contributed by atoms with E-state index in [-0.39, 0.29) is 11.8 Å². The van der Waals surface area contributed by atoms with E-state index in [2.05, 4.69) is 29.3 Å². The summed E-state index contributed by atoms with van der Waals surface area (Å²) in [5, 5.41) is 3.04. The maximum atomic E-state index is 12.2. The van der Waals surface area contributed by atoms with Crippen LogP contribution in [0.5, 0.6) is 0 Å². The first-order valence-electron chi connectivity index (χ1n) is 8.22.